The van der Waals surface area contributed by atoms with Crippen LogP contribution in [0.15, 0.2) is 0 Å². The number of aliphatic carboxylic acids is 1. The van der Waals surface area contributed by atoms with Gasteiger partial charge in [0.15, 0.2) is 6.04 Å². The maximum Gasteiger partial charge on any atom is 0.328 e. The number of thioether (sulfide) groups is 1. The molecule has 0 heterocycles. The highest BCUT2D eigenvalue weighted by Gasteiger charge is 2.32. The first-order chi connectivity index (χ1) is 14.8. The number of rotatable bonds is 15. The van der Waals surface area contributed by atoms with Crippen molar-refractivity contribution in [2.24, 2.45) is 17.4 Å². The van der Waals surface area contributed by atoms with Gasteiger partial charge in [-0.1, -0.05) is 13.8 Å². The summed E-state index contributed by atoms with van der Waals surface area (Å²) in [6.45, 7) is 4.70. The van der Waals surface area contributed by atoms with Crippen molar-refractivity contribution >= 4 is 41.4 Å². The first kappa shape index (κ1) is 29.6. The molecule has 13 heteroatoms. The van der Waals surface area contributed by atoms with E-state index in [1.807, 2.05) is 6.26 Å². The van der Waals surface area contributed by atoms with Crippen LogP contribution < -0.4 is 27.4 Å². The molecule has 0 aromatic heterocycles. The summed E-state index contributed by atoms with van der Waals surface area (Å²) in [5, 5.41) is 25.9. The fraction of sp³-hybridized carbons (Fsp3) is 0.737. The number of hydrogen-bond acceptors (Lipinski definition) is 8. The molecule has 12 nitrogen and oxygen atoms in total. The maximum atomic E-state index is 12.9. The van der Waals surface area contributed by atoms with Gasteiger partial charge >= 0.3 is 5.97 Å². The molecule has 0 aliphatic rings. The van der Waals surface area contributed by atoms with E-state index in [1.54, 1.807) is 13.8 Å². The SMILES string of the molecule is CSCCC(NC(=O)C(N)C(C)C)C(=O)NC(CCC(N)=O)C(=O)NC(C(=O)O)C(C)O. The van der Waals surface area contributed by atoms with E-state index in [0.717, 1.165) is 0 Å². The number of aliphatic hydroxyl groups is 1. The zero-order valence-corrected chi connectivity index (χ0v) is 19.6. The number of nitrogens with two attached hydrogens (primary N) is 2. The van der Waals surface area contributed by atoms with Crippen LogP contribution in [0.1, 0.15) is 40.0 Å². The van der Waals surface area contributed by atoms with Crippen molar-refractivity contribution in [3.05, 3.63) is 0 Å². The molecule has 5 unspecified atom stereocenters. The van der Waals surface area contributed by atoms with Crippen LogP contribution in [-0.2, 0) is 24.0 Å². The highest BCUT2D eigenvalue weighted by Crippen LogP contribution is 2.07. The number of carbonyl (C=O) groups excluding carboxylic acids is 4. The summed E-state index contributed by atoms with van der Waals surface area (Å²) in [5.41, 5.74) is 11.0. The predicted molar refractivity (Wildman–Crippen MR) is 119 cm³/mol. The molecular formula is C19H35N5O7S. The Kier molecular flexibility index (Phi) is 13.5. The van der Waals surface area contributed by atoms with Gasteiger partial charge in [0.25, 0.3) is 0 Å². The summed E-state index contributed by atoms with van der Waals surface area (Å²) >= 11 is 1.45. The van der Waals surface area contributed by atoms with Crippen molar-refractivity contribution in [1.29, 1.82) is 0 Å². The standard InChI is InChI=1S/C19H35N5O7S/c1-9(2)14(21)18(29)23-12(7-8-32-4)16(27)22-11(5-6-13(20)26)17(28)24-15(10(3)25)19(30)31/h9-12,14-15,25H,5-8,21H2,1-4H3,(H2,20,26)(H,22,27)(H,23,29)(H,24,28)(H,30,31). The molecule has 32 heavy (non-hydrogen) atoms. The average Bonchev–Trinajstić information content (AvgIpc) is 2.70. The largest absolute Gasteiger partial charge is 0.480 e. The van der Waals surface area contributed by atoms with Crippen LogP contribution in [0.2, 0.25) is 0 Å². The third-order valence-electron chi connectivity index (χ3n) is 4.62. The minimum Gasteiger partial charge on any atom is -0.480 e. The minimum absolute atomic E-state index is 0.165. The molecule has 0 rings (SSSR count). The van der Waals surface area contributed by atoms with Crippen LogP contribution in [0.4, 0.5) is 0 Å². The Labute approximate surface area is 191 Å². The van der Waals surface area contributed by atoms with Crippen molar-refractivity contribution in [3.8, 4) is 0 Å². The van der Waals surface area contributed by atoms with Crippen LogP contribution in [0.3, 0.4) is 0 Å². The lowest BCUT2D eigenvalue weighted by molar-refractivity contribution is -0.145. The first-order valence-electron chi connectivity index (χ1n) is 10.2. The molecule has 0 aromatic rings. The van der Waals surface area contributed by atoms with E-state index in [4.69, 9.17) is 16.6 Å². The average molecular weight is 478 g/mol. The molecule has 0 aliphatic heterocycles. The Morgan fingerprint density at radius 1 is 0.906 bits per heavy atom. The van der Waals surface area contributed by atoms with Crippen molar-refractivity contribution in [3.63, 3.8) is 0 Å². The summed E-state index contributed by atoms with van der Waals surface area (Å²) < 4.78 is 0. The number of carbonyl (C=O) groups is 5. The van der Waals surface area contributed by atoms with Crippen LogP contribution in [0.5, 0.6) is 0 Å². The van der Waals surface area contributed by atoms with Crippen molar-refractivity contribution in [2.45, 2.75) is 70.3 Å². The smallest absolute Gasteiger partial charge is 0.328 e. The van der Waals surface area contributed by atoms with Crippen LogP contribution in [0.25, 0.3) is 0 Å². The van der Waals surface area contributed by atoms with Gasteiger partial charge in [0.05, 0.1) is 12.1 Å². The molecular weight excluding hydrogens is 442 g/mol. The molecule has 9 N–H and O–H groups in total. The van der Waals surface area contributed by atoms with Crippen LogP contribution in [0, 0.1) is 5.92 Å². The maximum absolute atomic E-state index is 12.9. The molecule has 0 aliphatic carbocycles. The van der Waals surface area contributed by atoms with E-state index in [-0.39, 0.29) is 25.2 Å². The minimum atomic E-state index is -1.62. The lowest BCUT2D eigenvalue weighted by Crippen LogP contribution is -2.58. The number of aliphatic hydroxyl groups excluding tert-OH is 1. The Bertz CT molecular complexity index is 674. The number of carboxylic acid groups (broad SMARTS) is 1. The van der Waals surface area contributed by atoms with Gasteiger partial charge in [-0.3, -0.25) is 19.2 Å². The first-order valence-corrected chi connectivity index (χ1v) is 11.6. The number of carboxylic acids is 1. The fourth-order valence-corrected chi connectivity index (χ4v) is 3.02. The Morgan fingerprint density at radius 3 is 1.84 bits per heavy atom. The second-order valence-electron chi connectivity index (χ2n) is 7.74. The number of nitrogens with one attached hydrogen (secondary N) is 3. The van der Waals surface area contributed by atoms with E-state index in [0.29, 0.717) is 5.75 Å². The molecule has 0 spiro atoms. The molecule has 0 radical (unpaired) electrons. The predicted octanol–water partition coefficient (Wildman–Crippen LogP) is -2.09. The van der Waals surface area contributed by atoms with Crippen LogP contribution >= 0.6 is 11.8 Å². The van der Waals surface area contributed by atoms with E-state index in [9.17, 15) is 29.1 Å². The normalized spacial score (nSPS) is 15.7. The van der Waals surface area contributed by atoms with Crippen molar-refractivity contribution in [2.75, 3.05) is 12.0 Å². The summed E-state index contributed by atoms with van der Waals surface area (Å²) in [4.78, 5) is 60.2. The molecule has 0 aromatic carbocycles. The highest BCUT2D eigenvalue weighted by atomic mass is 32.2. The lowest BCUT2D eigenvalue weighted by Gasteiger charge is -2.26. The van der Waals surface area contributed by atoms with Gasteiger partial charge < -0.3 is 37.6 Å². The molecule has 4 amide bonds. The van der Waals surface area contributed by atoms with Gasteiger partial charge in [-0.05, 0) is 37.7 Å². The number of primary amides is 1. The summed E-state index contributed by atoms with van der Waals surface area (Å²) in [6, 6.07) is -4.78. The second-order valence-corrected chi connectivity index (χ2v) is 8.73. The van der Waals surface area contributed by atoms with Crippen molar-refractivity contribution < 1.29 is 34.2 Å². The molecule has 0 fully saturated rings. The van der Waals surface area contributed by atoms with E-state index in [2.05, 4.69) is 16.0 Å². The molecule has 184 valence electrons. The Balaban J connectivity index is 5.53. The van der Waals surface area contributed by atoms with E-state index >= 15 is 0 Å². The molecule has 0 saturated heterocycles. The Hall–Kier alpha value is -2.38. The number of hydrogen-bond donors (Lipinski definition) is 7. The Morgan fingerprint density at radius 2 is 1.41 bits per heavy atom. The second kappa shape index (κ2) is 14.6. The van der Waals surface area contributed by atoms with Gasteiger partial charge in [-0.2, -0.15) is 11.8 Å². The molecule has 0 bridgehead atoms. The zero-order chi connectivity index (χ0) is 25.0. The third kappa shape index (κ3) is 10.8. The molecule has 0 saturated carbocycles. The third-order valence-corrected chi connectivity index (χ3v) is 5.27. The van der Waals surface area contributed by atoms with E-state index in [1.165, 1.54) is 18.7 Å². The highest BCUT2D eigenvalue weighted by molar-refractivity contribution is 7.98. The van der Waals surface area contributed by atoms with Gasteiger partial charge in [0.1, 0.15) is 12.1 Å². The van der Waals surface area contributed by atoms with Gasteiger partial charge in [0.2, 0.25) is 23.6 Å². The van der Waals surface area contributed by atoms with Gasteiger partial charge in [-0.15, -0.1) is 0 Å². The summed E-state index contributed by atoms with van der Waals surface area (Å²) in [5.74, 6) is -3.98. The lowest BCUT2D eigenvalue weighted by atomic mass is 10.0. The number of amides is 4. The van der Waals surface area contributed by atoms with E-state index < -0.39 is 59.9 Å². The fourth-order valence-electron chi connectivity index (χ4n) is 2.55. The van der Waals surface area contributed by atoms with Crippen LogP contribution in [-0.4, -0.2) is 82.1 Å². The van der Waals surface area contributed by atoms with Crippen molar-refractivity contribution in [1.82, 2.24) is 16.0 Å². The van der Waals surface area contributed by atoms with Gasteiger partial charge in [0, 0.05) is 6.42 Å². The van der Waals surface area contributed by atoms with Gasteiger partial charge in [-0.25, -0.2) is 4.79 Å². The summed E-state index contributed by atoms with van der Waals surface area (Å²) in [6.07, 6.45) is 0.203. The monoisotopic (exact) mass is 477 g/mol. The topological polar surface area (TPSA) is 214 Å². The quantitative estimate of drug-likeness (QED) is 0.137. The summed E-state index contributed by atoms with van der Waals surface area (Å²) in [7, 11) is 0. The molecule has 5 atom stereocenters. The zero-order valence-electron chi connectivity index (χ0n) is 18.8.